The number of rotatable bonds is 5. The minimum absolute atomic E-state index is 0.0554. The van der Waals surface area contributed by atoms with Gasteiger partial charge < -0.3 is 9.64 Å². The molecule has 1 amide bonds. The van der Waals surface area contributed by atoms with Gasteiger partial charge in [0.25, 0.3) is 5.91 Å². The largest absolute Gasteiger partial charge is 0.377 e. The lowest BCUT2D eigenvalue weighted by Gasteiger charge is -2.41. The average Bonchev–Trinajstić information content (AvgIpc) is 3.25. The summed E-state index contributed by atoms with van der Waals surface area (Å²) in [6, 6.07) is 6.42. The fraction of sp³-hybridized carbons (Fsp3) is 0.667. The number of likely N-dealkylation sites (tertiary alicyclic amines) is 1. The number of fused-ring (bicyclic) bond motifs is 1. The van der Waals surface area contributed by atoms with Crippen LogP contribution in [0.5, 0.6) is 0 Å². The molecule has 0 aromatic heterocycles. The van der Waals surface area contributed by atoms with Crippen molar-refractivity contribution in [2.75, 3.05) is 26.2 Å². The molecule has 2 heterocycles. The van der Waals surface area contributed by atoms with Crippen LogP contribution >= 0.6 is 0 Å². The summed E-state index contributed by atoms with van der Waals surface area (Å²) in [5, 5.41) is 0. The number of carbonyl (C=O) groups excluding carboxylic acids is 1. The van der Waals surface area contributed by atoms with E-state index in [0.717, 1.165) is 38.3 Å². The maximum absolute atomic E-state index is 13.0. The van der Waals surface area contributed by atoms with Crippen LogP contribution < -0.4 is 4.72 Å². The summed E-state index contributed by atoms with van der Waals surface area (Å²) in [5.41, 5.74) is 0.453. The fourth-order valence-electron chi connectivity index (χ4n) is 4.86. The number of hydrogen-bond donors (Lipinski definition) is 1. The van der Waals surface area contributed by atoms with Crippen molar-refractivity contribution in [3.63, 3.8) is 0 Å². The van der Waals surface area contributed by atoms with Crippen molar-refractivity contribution in [2.45, 2.75) is 55.9 Å². The molecule has 1 aromatic rings. The molecular formula is C21H30N2O4S. The molecule has 1 aliphatic carbocycles. The van der Waals surface area contributed by atoms with Crippen molar-refractivity contribution in [1.82, 2.24) is 9.62 Å². The zero-order valence-electron chi connectivity index (χ0n) is 16.3. The molecule has 0 unspecified atom stereocenters. The first kappa shape index (κ1) is 19.9. The monoisotopic (exact) mass is 406 g/mol. The fourth-order valence-corrected chi connectivity index (χ4v) is 5.97. The van der Waals surface area contributed by atoms with E-state index in [1.165, 1.54) is 31.7 Å². The molecule has 1 saturated carbocycles. The predicted octanol–water partition coefficient (Wildman–Crippen LogP) is 2.80. The van der Waals surface area contributed by atoms with Crippen LogP contribution in [0.4, 0.5) is 0 Å². The van der Waals surface area contributed by atoms with Crippen LogP contribution in [0.25, 0.3) is 0 Å². The minimum Gasteiger partial charge on any atom is -0.377 e. The van der Waals surface area contributed by atoms with Gasteiger partial charge in [-0.05, 0) is 55.7 Å². The lowest BCUT2D eigenvalue weighted by atomic mass is 9.75. The van der Waals surface area contributed by atoms with E-state index in [-0.39, 0.29) is 23.5 Å². The van der Waals surface area contributed by atoms with Crippen molar-refractivity contribution in [3.8, 4) is 0 Å². The number of piperidine rings is 1. The van der Waals surface area contributed by atoms with Gasteiger partial charge in [0.2, 0.25) is 10.0 Å². The van der Waals surface area contributed by atoms with Crippen LogP contribution in [0.1, 0.15) is 55.3 Å². The summed E-state index contributed by atoms with van der Waals surface area (Å²) in [6.07, 6.45) is 7.91. The molecule has 1 N–H and O–H groups in total. The number of sulfonamides is 1. The third-order valence-corrected chi connectivity index (χ3v) is 7.92. The Morgan fingerprint density at radius 3 is 2.71 bits per heavy atom. The van der Waals surface area contributed by atoms with Crippen LogP contribution in [0.3, 0.4) is 0 Å². The number of carbonyl (C=O) groups is 1. The van der Waals surface area contributed by atoms with Gasteiger partial charge in [0.15, 0.2) is 0 Å². The summed E-state index contributed by atoms with van der Waals surface area (Å²) < 4.78 is 33.4. The Balaban J connectivity index is 1.43. The van der Waals surface area contributed by atoms with E-state index in [2.05, 4.69) is 4.72 Å². The third kappa shape index (κ3) is 4.42. The summed E-state index contributed by atoms with van der Waals surface area (Å²) in [7, 11) is -3.65. The number of benzene rings is 1. The number of ether oxygens (including phenoxy) is 1. The Morgan fingerprint density at radius 2 is 1.93 bits per heavy atom. The van der Waals surface area contributed by atoms with E-state index in [0.29, 0.717) is 18.1 Å². The van der Waals surface area contributed by atoms with Gasteiger partial charge >= 0.3 is 0 Å². The zero-order chi connectivity index (χ0) is 19.6. The second-order valence-corrected chi connectivity index (χ2v) is 10.1. The lowest BCUT2D eigenvalue weighted by molar-refractivity contribution is 0.0520. The minimum atomic E-state index is -3.65. The number of nitrogens with zero attached hydrogens (tertiary/aromatic N) is 1. The first-order valence-corrected chi connectivity index (χ1v) is 12.0. The van der Waals surface area contributed by atoms with E-state index in [1.807, 2.05) is 4.90 Å². The Morgan fingerprint density at radius 1 is 1.11 bits per heavy atom. The molecule has 0 bridgehead atoms. The lowest BCUT2D eigenvalue weighted by Crippen LogP contribution is -2.44. The van der Waals surface area contributed by atoms with Crippen molar-refractivity contribution in [3.05, 3.63) is 29.8 Å². The topological polar surface area (TPSA) is 75.7 Å². The first-order valence-electron chi connectivity index (χ1n) is 10.5. The zero-order valence-corrected chi connectivity index (χ0v) is 17.1. The van der Waals surface area contributed by atoms with Crippen molar-refractivity contribution in [1.29, 1.82) is 0 Å². The molecule has 2 aliphatic heterocycles. The highest BCUT2D eigenvalue weighted by atomic mass is 32.2. The molecule has 3 aliphatic rings. The van der Waals surface area contributed by atoms with Crippen LogP contribution in [-0.4, -0.2) is 51.6 Å². The van der Waals surface area contributed by atoms with E-state index in [1.54, 1.807) is 18.2 Å². The molecule has 154 valence electrons. The van der Waals surface area contributed by atoms with Gasteiger partial charge in [-0.15, -0.1) is 0 Å². The normalized spacial score (nSPS) is 28.1. The molecule has 0 radical (unpaired) electrons. The Bertz CT molecular complexity index is 804. The van der Waals surface area contributed by atoms with E-state index >= 15 is 0 Å². The molecular weight excluding hydrogens is 376 g/mol. The predicted molar refractivity (Wildman–Crippen MR) is 107 cm³/mol. The molecule has 6 nitrogen and oxygen atoms in total. The second-order valence-electron chi connectivity index (χ2n) is 8.36. The number of hydrogen-bond acceptors (Lipinski definition) is 4. The Kier molecular flexibility index (Phi) is 6.04. The maximum atomic E-state index is 13.0. The van der Waals surface area contributed by atoms with Crippen LogP contribution in [0.15, 0.2) is 29.2 Å². The van der Waals surface area contributed by atoms with E-state index in [4.69, 9.17) is 4.74 Å². The van der Waals surface area contributed by atoms with Crippen molar-refractivity contribution >= 4 is 15.9 Å². The molecule has 28 heavy (non-hydrogen) atoms. The molecule has 3 fully saturated rings. The summed E-state index contributed by atoms with van der Waals surface area (Å²) in [4.78, 5) is 15.1. The van der Waals surface area contributed by atoms with Gasteiger partial charge in [0.1, 0.15) is 0 Å². The van der Waals surface area contributed by atoms with E-state index in [9.17, 15) is 13.2 Å². The molecule has 4 rings (SSSR count). The smallest absolute Gasteiger partial charge is 0.253 e. The quantitative estimate of drug-likeness (QED) is 0.816. The van der Waals surface area contributed by atoms with Gasteiger partial charge in [0.05, 0.1) is 11.0 Å². The highest BCUT2D eigenvalue weighted by Gasteiger charge is 2.33. The van der Waals surface area contributed by atoms with Gasteiger partial charge in [-0.3, -0.25) is 4.79 Å². The SMILES string of the molecule is O=C(c1cccc(S(=O)(=O)NC[C@@H]2CCCO2)c1)N1CC[C@@H]2CCCC[C@@H]2C1. The summed E-state index contributed by atoms with van der Waals surface area (Å²) >= 11 is 0. The van der Waals surface area contributed by atoms with Crippen LogP contribution in [0.2, 0.25) is 0 Å². The Hall–Kier alpha value is -1.44. The standard InChI is InChI=1S/C21H30N2O4S/c24-21(23-11-10-16-5-1-2-6-18(16)15-23)17-7-3-9-20(13-17)28(25,26)22-14-19-8-4-12-27-19/h3,7,9,13,16,18-19,22H,1-2,4-6,8,10-12,14-15H2/t16-,18+,19-/m0/s1. The molecule has 1 aromatic carbocycles. The number of amides is 1. The summed E-state index contributed by atoms with van der Waals surface area (Å²) in [5.74, 6) is 1.30. The van der Waals surface area contributed by atoms with Crippen LogP contribution in [-0.2, 0) is 14.8 Å². The highest BCUT2D eigenvalue weighted by molar-refractivity contribution is 7.89. The van der Waals surface area contributed by atoms with Gasteiger partial charge in [-0.2, -0.15) is 0 Å². The Labute approximate surface area is 167 Å². The molecule has 0 spiro atoms. The summed E-state index contributed by atoms with van der Waals surface area (Å²) in [6.45, 7) is 2.54. The molecule has 3 atom stereocenters. The van der Waals surface area contributed by atoms with Crippen molar-refractivity contribution < 1.29 is 17.9 Å². The molecule has 2 saturated heterocycles. The van der Waals surface area contributed by atoms with Gasteiger partial charge in [-0.25, -0.2) is 13.1 Å². The van der Waals surface area contributed by atoms with Gasteiger partial charge in [0, 0.05) is 31.8 Å². The van der Waals surface area contributed by atoms with Crippen molar-refractivity contribution in [2.24, 2.45) is 11.8 Å². The maximum Gasteiger partial charge on any atom is 0.253 e. The first-order chi connectivity index (χ1) is 13.5. The van der Waals surface area contributed by atoms with Gasteiger partial charge in [-0.1, -0.05) is 25.3 Å². The average molecular weight is 407 g/mol. The van der Waals surface area contributed by atoms with Crippen LogP contribution in [0, 0.1) is 11.8 Å². The second kappa shape index (κ2) is 8.51. The third-order valence-electron chi connectivity index (χ3n) is 6.49. The van der Waals surface area contributed by atoms with E-state index < -0.39 is 10.0 Å². The number of nitrogens with one attached hydrogen (secondary N) is 1. The molecule has 7 heteroatoms. The highest BCUT2D eigenvalue weighted by Crippen LogP contribution is 2.36.